The van der Waals surface area contributed by atoms with Crippen molar-refractivity contribution in [1.82, 2.24) is 10.3 Å². The molecule has 0 atom stereocenters. The fourth-order valence-electron chi connectivity index (χ4n) is 2.44. The van der Waals surface area contributed by atoms with Gasteiger partial charge in [-0.1, -0.05) is 13.8 Å². The first kappa shape index (κ1) is 14.9. The zero-order valence-corrected chi connectivity index (χ0v) is 11.1. The summed E-state index contributed by atoms with van der Waals surface area (Å²) in [5.41, 5.74) is 0. The quantitative estimate of drug-likeness (QED) is 0.609. The number of nitroso groups, excluding NO2 is 1. The van der Waals surface area contributed by atoms with Crippen LogP contribution in [0.2, 0.25) is 0 Å². The van der Waals surface area contributed by atoms with Gasteiger partial charge in [0.2, 0.25) is 0 Å². The van der Waals surface area contributed by atoms with E-state index in [1.165, 1.54) is 0 Å². The molecule has 0 saturated heterocycles. The van der Waals surface area contributed by atoms with Crippen molar-refractivity contribution >= 4 is 6.03 Å². The van der Waals surface area contributed by atoms with Gasteiger partial charge in [-0.15, -0.1) is 4.91 Å². The summed E-state index contributed by atoms with van der Waals surface area (Å²) in [7, 11) is 0. The van der Waals surface area contributed by atoms with Crippen molar-refractivity contribution in [3.05, 3.63) is 4.91 Å². The molecule has 0 spiro atoms. The highest BCUT2D eigenvalue weighted by Gasteiger charge is 2.25. The minimum atomic E-state index is -0.765. The molecule has 5 nitrogen and oxygen atoms in total. The van der Waals surface area contributed by atoms with Gasteiger partial charge < -0.3 is 5.32 Å². The lowest BCUT2D eigenvalue weighted by Crippen LogP contribution is -2.44. The van der Waals surface area contributed by atoms with Crippen LogP contribution < -0.4 is 5.32 Å². The van der Waals surface area contributed by atoms with E-state index < -0.39 is 12.7 Å². The molecule has 1 saturated carbocycles. The minimum absolute atomic E-state index is 0.0800. The molecule has 1 aliphatic rings. The van der Waals surface area contributed by atoms with Gasteiger partial charge in [-0.25, -0.2) is 9.18 Å². The number of alkyl halides is 1. The normalized spacial score (nSPS) is 23.8. The molecule has 2 amide bonds. The van der Waals surface area contributed by atoms with Crippen molar-refractivity contribution < 1.29 is 9.18 Å². The summed E-state index contributed by atoms with van der Waals surface area (Å²) in [6.07, 6.45) is 3.99. The van der Waals surface area contributed by atoms with E-state index in [9.17, 15) is 14.1 Å². The summed E-state index contributed by atoms with van der Waals surface area (Å²) in [4.78, 5) is 22.0. The van der Waals surface area contributed by atoms with Crippen molar-refractivity contribution in [3.63, 3.8) is 0 Å². The monoisotopic (exact) mass is 259 g/mol. The predicted molar refractivity (Wildman–Crippen MR) is 67.6 cm³/mol. The van der Waals surface area contributed by atoms with Crippen LogP contribution in [0, 0.1) is 16.7 Å². The molecule has 1 aliphatic carbocycles. The fraction of sp³-hybridized carbons (Fsp3) is 0.917. The van der Waals surface area contributed by atoms with E-state index in [2.05, 4.69) is 24.5 Å². The molecular weight excluding hydrogens is 237 g/mol. The highest BCUT2D eigenvalue weighted by Crippen LogP contribution is 2.29. The predicted octanol–water partition coefficient (Wildman–Crippen LogP) is 2.86. The number of amides is 2. The van der Waals surface area contributed by atoms with Crippen LogP contribution in [0.5, 0.6) is 0 Å². The van der Waals surface area contributed by atoms with Crippen molar-refractivity contribution in [2.75, 3.05) is 13.2 Å². The Kier molecular flexibility index (Phi) is 6.01. The van der Waals surface area contributed by atoms with Crippen molar-refractivity contribution in [2.24, 2.45) is 17.1 Å². The number of hydrogen-bond donors (Lipinski definition) is 1. The fourth-order valence-corrected chi connectivity index (χ4v) is 2.44. The van der Waals surface area contributed by atoms with Crippen LogP contribution in [0.1, 0.15) is 39.5 Å². The number of halogens is 1. The van der Waals surface area contributed by atoms with Crippen LogP contribution in [0.15, 0.2) is 5.29 Å². The third-order valence-electron chi connectivity index (χ3n) is 3.67. The Hall–Kier alpha value is -1.20. The Morgan fingerprint density at radius 3 is 2.44 bits per heavy atom. The third-order valence-corrected chi connectivity index (χ3v) is 3.67. The Morgan fingerprint density at radius 2 is 2.00 bits per heavy atom. The second-order valence-corrected chi connectivity index (χ2v) is 5.20. The Labute approximate surface area is 107 Å². The molecule has 0 unspecified atom stereocenters. The molecule has 0 aromatic carbocycles. The maximum absolute atomic E-state index is 12.1. The number of nitrogens with zero attached hydrogens (tertiary/aromatic N) is 2. The van der Waals surface area contributed by atoms with E-state index in [0.717, 1.165) is 25.7 Å². The Balaban J connectivity index is 2.36. The average Bonchev–Trinajstić information content (AvgIpc) is 2.36. The Bertz CT molecular complexity index is 278. The number of rotatable bonds is 5. The number of hydrogen-bond acceptors (Lipinski definition) is 3. The van der Waals surface area contributed by atoms with Gasteiger partial charge in [0.1, 0.15) is 6.67 Å². The standard InChI is InChI=1S/C12H22FN3O2/c1-9(2)10-3-5-11(6-4-10)14-12(17)16(15-18)8-7-13/h9-11H,3-8H2,1-2H3,(H,14,17). The molecule has 0 radical (unpaired) electrons. The number of nitrogens with one attached hydrogen (secondary N) is 1. The lowest BCUT2D eigenvalue weighted by Gasteiger charge is -2.31. The van der Waals surface area contributed by atoms with Crippen LogP contribution in [-0.2, 0) is 0 Å². The molecule has 1 N–H and O–H groups in total. The van der Waals surface area contributed by atoms with Crippen molar-refractivity contribution in [2.45, 2.75) is 45.6 Å². The molecule has 0 aromatic heterocycles. The van der Waals surface area contributed by atoms with Gasteiger partial charge in [0.25, 0.3) is 0 Å². The Morgan fingerprint density at radius 1 is 1.39 bits per heavy atom. The zero-order chi connectivity index (χ0) is 13.5. The molecule has 0 bridgehead atoms. The SMILES string of the molecule is CC(C)C1CCC(NC(=O)N(CCF)N=O)CC1. The van der Waals surface area contributed by atoms with Crippen LogP contribution in [0.4, 0.5) is 9.18 Å². The molecule has 18 heavy (non-hydrogen) atoms. The van der Waals surface area contributed by atoms with E-state index in [1.807, 2.05) is 0 Å². The van der Waals surface area contributed by atoms with Gasteiger partial charge in [0, 0.05) is 6.04 Å². The molecule has 1 fully saturated rings. The van der Waals surface area contributed by atoms with Crippen molar-refractivity contribution in [3.8, 4) is 0 Å². The summed E-state index contributed by atoms with van der Waals surface area (Å²) in [5.74, 6) is 1.38. The van der Waals surface area contributed by atoms with Gasteiger partial charge in [-0.2, -0.15) is 5.01 Å². The summed E-state index contributed by atoms with van der Waals surface area (Å²) >= 11 is 0. The van der Waals surface area contributed by atoms with E-state index in [0.29, 0.717) is 16.8 Å². The van der Waals surface area contributed by atoms with Crippen LogP contribution in [0.25, 0.3) is 0 Å². The molecular formula is C12H22FN3O2. The van der Waals surface area contributed by atoms with Crippen molar-refractivity contribution in [1.29, 1.82) is 0 Å². The maximum Gasteiger partial charge on any atom is 0.340 e. The smallest absolute Gasteiger partial charge is 0.334 e. The zero-order valence-electron chi connectivity index (χ0n) is 11.1. The second kappa shape index (κ2) is 7.28. The van der Waals surface area contributed by atoms with Gasteiger partial charge in [-0.05, 0) is 37.5 Å². The lowest BCUT2D eigenvalue weighted by atomic mass is 9.80. The first-order valence-electron chi connectivity index (χ1n) is 6.55. The van der Waals surface area contributed by atoms with E-state index in [4.69, 9.17) is 0 Å². The average molecular weight is 259 g/mol. The van der Waals surface area contributed by atoms with Crippen LogP contribution in [0.3, 0.4) is 0 Å². The first-order chi connectivity index (χ1) is 8.58. The highest BCUT2D eigenvalue weighted by atomic mass is 19.1. The summed E-state index contributed by atoms with van der Waals surface area (Å²) in [6, 6.07) is -0.507. The summed E-state index contributed by atoms with van der Waals surface area (Å²) in [5, 5.41) is 5.86. The summed E-state index contributed by atoms with van der Waals surface area (Å²) < 4.78 is 12.1. The minimum Gasteiger partial charge on any atom is -0.334 e. The molecule has 0 aliphatic heterocycles. The number of urea groups is 1. The van der Waals surface area contributed by atoms with Gasteiger partial charge in [-0.3, -0.25) is 0 Å². The lowest BCUT2D eigenvalue weighted by molar-refractivity contribution is 0.179. The molecule has 0 heterocycles. The molecule has 0 aromatic rings. The molecule has 6 heteroatoms. The highest BCUT2D eigenvalue weighted by molar-refractivity contribution is 5.74. The van der Waals surface area contributed by atoms with E-state index in [-0.39, 0.29) is 12.6 Å². The van der Waals surface area contributed by atoms with Crippen LogP contribution >= 0.6 is 0 Å². The van der Waals surface area contributed by atoms with Gasteiger partial charge in [0.05, 0.1) is 11.8 Å². The molecule has 1 rings (SSSR count). The van der Waals surface area contributed by atoms with Crippen LogP contribution in [-0.4, -0.2) is 30.3 Å². The number of carbonyl (C=O) groups is 1. The second-order valence-electron chi connectivity index (χ2n) is 5.20. The third kappa shape index (κ3) is 4.23. The van der Waals surface area contributed by atoms with E-state index >= 15 is 0 Å². The number of carbonyl (C=O) groups excluding carboxylic acids is 1. The van der Waals surface area contributed by atoms with Gasteiger partial charge >= 0.3 is 6.03 Å². The summed E-state index contributed by atoms with van der Waals surface area (Å²) in [6.45, 7) is 3.38. The van der Waals surface area contributed by atoms with E-state index in [1.54, 1.807) is 0 Å². The first-order valence-corrected chi connectivity index (χ1v) is 6.55. The largest absolute Gasteiger partial charge is 0.340 e. The molecule has 104 valence electrons. The maximum atomic E-state index is 12.1. The van der Waals surface area contributed by atoms with Gasteiger partial charge in [0.15, 0.2) is 0 Å². The topological polar surface area (TPSA) is 61.8 Å².